The van der Waals surface area contributed by atoms with Gasteiger partial charge >= 0.3 is 0 Å². The highest BCUT2D eigenvalue weighted by Crippen LogP contribution is 2.23. The Morgan fingerprint density at radius 3 is 2.67 bits per heavy atom. The third kappa shape index (κ3) is 7.41. The summed E-state index contributed by atoms with van der Waals surface area (Å²) in [6.07, 6.45) is 2.57. The van der Waals surface area contributed by atoms with Gasteiger partial charge in [-0.2, -0.15) is 0 Å². The van der Waals surface area contributed by atoms with E-state index in [-0.39, 0.29) is 5.60 Å². The molecule has 1 atom stereocenters. The molecular weight excluding hydrogens is 336 g/mol. The van der Waals surface area contributed by atoms with Crippen molar-refractivity contribution in [1.82, 2.24) is 15.5 Å². The van der Waals surface area contributed by atoms with Crippen molar-refractivity contribution in [2.75, 3.05) is 26.7 Å². The molecule has 0 amide bonds. The summed E-state index contributed by atoms with van der Waals surface area (Å²) in [4.78, 5) is 6.96. The van der Waals surface area contributed by atoms with Gasteiger partial charge in [0.25, 0.3) is 0 Å². The zero-order valence-corrected chi connectivity index (χ0v) is 18.0. The number of guanidine groups is 1. The van der Waals surface area contributed by atoms with E-state index in [4.69, 9.17) is 4.74 Å². The predicted octanol–water partition coefficient (Wildman–Crippen LogP) is 3.65. The van der Waals surface area contributed by atoms with Crippen LogP contribution in [-0.4, -0.2) is 49.2 Å². The molecule has 1 unspecified atom stereocenters. The Balaban J connectivity index is 1.86. The van der Waals surface area contributed by atoms with Crippen molar-refractivity contribution in [2.24, 2.45) is 10.9 Å². The third-order valence-corrected chi connectivity index (χ3v) is 4.90. The molecule has 2 N–H and O–H groups in total. The molecule has 27 heavy (non-hydrogen) atoms. The number of ether oxygens (including phenoxy) is 1. The molecule has 0 spiro atoms. The first-order valence-electron chi connectivity index (χ1n) is 10.2. The molecule has 1 aliphatic rings. The van der Waals surface area contributed by atoms with Gasteiger partial charge in [0.1, 0.15) is 11.4 Å². The zero-order valence-electron chi connectivity index (χ0n) is 18.0. The van der Waals surface area contributed by atoms with Gasteiger partial charge < -0.3 is 20.3 Å². The Morgan fingerprint density at radius 1 is 1.26 bits per heavy atom. The minimum absolute atomic E-state index is 0.209. The minimum atomic E-state index is -0.209. The van der Waals surface area contributed by atoms with Crippen LogP contribution in [0.1, 0.15) is 53.0 Å². The van der Waals surface area contributed by atoms with Crippen molar-refractivity contribution in [1.29, 1.82) is 0 Å². The maximum atomic E-state index is 6.08. The fourth-order valence-electron chi connectivity index (χ4n) is 3.45. The summed E-state index contributed by atoms with van der Waals surface area (Å²) in [6.45, 7) is 14.8. The number of likely N-dealkylation sites (tertiary alicyclic amines) is 1. The fraction of sp³-hybridized carbons (Fsp3) is 0.682. The molecule has 2 rings (SSSR count). The van der Waals surface area contributed by atoms with E-state index in [0.29, 0.717) is 18.5 Å². The fourth-order valence-corrected chi connectivity index (χ4v) is 3.45. The molecule has 0 aromatic heterocycles. The first kappa shape index (κ1) is 21.5. The molecule has 5 heteroatoms. The van der Waals surface area contributed by atoms with Crippen molar-refractivity contribution in [3.8, 4) is 5.75 Å². The van der Waals surface area contributed by atoms with E-state index >= 15 is 0 Å². The van der Waals surface area contributed by atoms with E-state index in [9.17, 15) is 0 Å². The quantitative estimate of drug-likeness (QED) is 0.589. The van der Waals surface area contributed by atoms with Crippen LogP contribution in [-0.2, 0) is 6.54 Å². The SMILES string of the molecule is CN=C(NCc1ccccc1OC(C)(C)C)NCC1CCCN(C(C)C)C1. The highest BCUT2D eigenvalue weighted by molar-refractivity contribution is 5.79. The van der Waals surface area contributed by atoms with Crippen LogP contribution in [0.3, 0.4) is 0 Å². The van der Waals surface area contributed by atoms with Crippen LogP contribution in [0.5, 0.6) is 5.75 Å². The summed E-state index contributed by atoms with van der Waals surface area (Å²) < 4.78 is 6.08. The molecule has 1 heterocycles. The molecule has 1 aliphatic heterocycles. The molecule has 1 fully saturated rings. The number of nitrogens with zero attached hydrogens (tertiary/aromatic N) is 2. The first-order valence-corrected chi connectivity index (χ1v) is 10.2. The lowest BCUT2D eigenvalue weighted by Crippen LogP contribution is -2.46. The third-order valence-electron chi connectivity index (χ3n) is 4.90. The van der Waals surface area contributed by atoms with E-state index in [1.54, 1.807) is 0 Å². The average molecular weight is 375 g/mol. The Bertz CT molecular complexity index is 607. The Labute approximate surface area is 165 Å². The van der Waals surface area contributed by atoms with Crippen LogP contribution in [0.15, 0.2) is 29.3 Å². The summed E-state index contributed by atoms with van der Waals surface area (Å²) in [5.74, 6) is 2.45. The van der Waals surface area contributed by atoms with Gasteiger partial charge in [0.15, 0.2) is 5.96 Å². The van der Waals surface area contributed by atoms with Crippen LogP contribution >= 0.6 is 0 Å². The molecule has 1 aromatic rings. The average Bonchev–Trinajstić information content (AvgIpc) is 2.62. The summed E-state index contributed by atoms with van der Waals surface area (Å²) in [7, 11) is 1.83. The molecular formula is C22H38N4O. The lowest BCUT2D eigenvalue weighted by atomic mass is 9.97. The number of rotatable bonds is 6. The van der Waals surface area contributed by atoms with Crippen LogP contribution in [0.2, 0.25) is 0 Å². The van der Waals surface area contributed by atoms with Gasteiger partial charge in [-0.15, -0.1) is 0 Å². The van der Waals surface area contributed by atoms with Crippen LogP contribution in [0.25, 0.3) is 0 Å². The summed E-state index contributed by atoms with van der Waals surface area (Å²) in [5.41, 5.74) is 0.929. The Morgan fingerprint density at radius 2 is 2.00 bits per heavy atom. The van der Waals surface area contributed by atoms with E-state index in [0.717, 1.165) is 23.8 Å². The van der Waals surface area contributed by atoms with Crippen molar-refractivity contribution in [3.05, 3.63) is 29.8 Å². The van der Waals surface area contributed by atoms with Gasteiger partial charge in [-0.3, -0.25) is 4.99 Å². The minimum Gasteiger partial charge on any atom is -0.488 e. The Kier molecular flexibility index (Phi) is 7.96. The van der Waals surface area contributed by atoms with Crippen LogP contribution in [0, 0.1) is 5.92 Å². The summed E-state index contributed by atoms with van der Waals surface area (Å²) >= 11 is 0. The number of hydrogen-bond acceptors (Lipinski definition) is 3. The van der Waals surface area contributed by atoms with Crippen LogP contribution < -0.4 is 15.4 Å². The summed E-state index contributed by atoms with van der Waals surface area (Å²) in [5, 5.41) is 6.94. The Hall–Kier alpha value is -1.75. The van der Waals surface area contributed by atoms with E-state index in [2.05, 4.69) is 61.2 Å². The topological polar surface area (TPSA) is 48.9 Å². The molecule has 0 radical (unpaired) electrons. The molecule has 1 aromatic carbocycles. The predicted molar refractivity (Wildman–Crippen MR) is 114 cm³/mol. The standard InChI is InChI=1S/C22H38N4O/c1-17(2)26-13-9-10-18(16-26)14-24-21(23-6)25-15-19-11-7-8-12-20(19)27-22(3,4)5/h7-8,11-12,17-18H,9-10,13-16H2,1-6H3,(H2,23,24,25). The van der Waals surface area contributed by atoms with E-state index in [1.165, 1.54) is 25.9 Å². The van der Waals surface area contributed by atoms with Gasteiger partial charge in [0.2, 0.25) is 0 Å². The molecule has 1 saturated heterocycles. The number of piperidine rings is 1. The highest BCUT2D eigenvalue weighted by Gasteiger charge is 2.21. The van der Waals surface area contributed by atoms with Crippen molar-refractivity contribution < 1.29 is 4.74 Å². The summed E-state index contributed by atoms with van der Waals surface area (Å²) in [6, 6.07) is 8.82. The van der Waals surface area contributed by atoms with Gasteiger partial charge in [-0.05, 0) is 66.0 Å². The van der Waals surface area contributed by atoms with Crippen LogP contribution in [0.4, 0.5) is 0 Å². The lowest BCUT2D eigenvalue weighted by molar-refractivity contribution is 0.129. The molecule has 0 saturated carbocycles. The molecule has 152 valence electrons. The highest BCUT2D eigenvalue weighted by atomic mass is 16.5. The maximum Gasteiger partial charge on any atom is 0.191 e. The van der Waals surface area contributed by atoms with Gasteiger partial charge in [-0.1, -0.05) is 18.2 Å². The normalized spacial score (nSPS) is 19.2. The lowest BCUT2D eigenvalue weighted by Gasteiger charge is -2.35. The smallest absolute Gasteiger partial charge is 0.191 e. The zero-order chi connectivity index (χ0) is 19.9. The number of nitrogens with one attached hydrogen (secondary N) is 2. The molecule has 0 bridgehead atoms. The first-order chi connectivity index (χ1) is 12.8. The van der Waals surface area contributed by atoms with Crippen molar-refractivity contribution >= 4 is 5.96 Å². The molecule has 5 nitrogen and oxygen atoms in total. The van der Waals surface area contributed by atoms with Gasteiger partial charge in [-0.25, -0.2) is 0 Å². The number of para-hydroxylation sites is 1. The molecule has 0 aliphatic carbocycles. The maximum absolute atomic E-state index is 6.08. The number of aliphatic imine (C=N–C) groups is 1. The largest absolute Gasteiger partial charge is 0.488 e. The second kappa shape index (κ2) is 9.98. The second-order valence-electron chi connectivity index (χ2n) is 8.73. The van der Waals surface area contributed by atoms with Crippen molar-refractivity contribution in [3.63, 3.8) is 0 Å². The monoisotopic (exact) mass is 374 g/mol. The van der Waals surface area contributed by atoms with E-state index in [1.807, 2.05) is 25.2 Å². The van der Waals surface area contributed by atoms with E-state index < -0.39 is 0 Å². The second-order valence-corrected chi connectivity index (χ2v) is 8.73. The number of hydrogen-bond donors (Lipinski definition) is 2. The number of benzene rings is 1. The van der Waals surface area contributed by atoms with Gasteiger partial charge in [0, 0.05) is 38.3 Å². The van der Waals surface area contributed by atoms with Gasteiger partial charge in [0.05, 0.1) is 0 Å². The van der Waals surface area contributed by atoms with Crippen molar-refractivity contribution in [2.45, 2.75) is 65.6 Å².